The third-order valence-corrected chi connectivity index (χ3v) is 4.10. The highest BCUT2D eigenvalue weighted by molar-refractivity contribution is 6.00. The predicted octanol–water partition coefficient (Wildman–Crippen LogP) is 1.58. The van der Waals surface area contributed by atoms with Gasteiger partial charge in [0.05, 0.1) is 6.04 Å². The minimum atomic E-state index is -5.29. The number of alkyl halides is 3. The number of amides is 2. The van der Waals surface area contributed by atoms with Crippen LogP contribution in [0.15, 0.2) is 49.1 Å². The lowest BCUT2D eigenvalue weighted by Gasteiger charge is -2.45. The number of hydrogen-bond donors (Lipinski definition) is 3. The molecule has 26 heavy (non-hydrogen) atoms. The Labute approximate surface area is 145 Å². The molecule has 2 aromatic heterocycles. The molecule has 0 saturated carbocycles. The summed E-state index contributed by atoms with van der Waals surface area (Å²) in [5.74, 6) is -3.10. The van der Waals surface area contributed by atoms with Gasteiger partial charge in [0.15, 0.2) is 5.78 Å². The summed E-state index contributed by atoms with van der Waals surface area (Å²) in [5.41, 5.74) is -3.69. The Hall–Kier alpha value is -3.01. The fourth-order valence-electron chi connectivity index (χ4n) is 2.88. The first kappa shape index (κ1) is 17.8. The van der Waals surface area contributed by atoms with E-state index in [9.17, 15) is 27.9 Å². The molecule has 0 bridgehead atoms. The van der Waals surface area contributed by atoms with E-state index in [4.69, 9.17) is 0 Å². The summed E-state index contributed by atoms with van der Waals surface area (Å²) in [6.45, 7) is 0. The van der Waals surface area contributed by atoms with Crippen molar-refractivity contribution in [3.05, 3.63) is 60.2 Å². The molecule has 1 aliphatic heterocycles. The third-order valence-electron chi connectivity index (χ3n) is 4.10. The fourth-order valence-corrected chi connectivity index (χ4v) is 2.88. The molecule has 0 aromatic carbocycles. The molecule has 3 N–H and O–H groups in total. The van der Waals surface area contributed by atoms with E-state index in [-0.39, 0.29) is 11.1 Å². The first-order chi connectivity index (χ1) is 12.2. The van der Waals surface area contributed by atoms with Crippen LogP contribution in [0.2, 0.25) is 0 Å². The average molecular weight is 366 g/mol. The number of ketones is 1. The number of halogens is 3. The van der Waals surface area contributed by atoms with Gasteiger partial charge < -0.3 is 15.7 Å². The van der Waals surface area contributed by atoms with Crippen LogP contribution in [0.3, 0.4) is 0 Å². The van der Waals surface area contributed by atoms with Crippen molar-refractivity contribution in [2.24, 2.45) is 5.92 Å². The lowest BCUT2D eigenvalue weighted by Crippen LogP contribution is -2.72. The Bertz CT molecular complexity index is 816. The molecule has 1 aliphatic rings. The summed E-state index contributed by atoms with van der Waals surface area (Å²) in [7, 11) is 0. The van der Waals surface area contributed by atoms with Crippen molar-refractivity contribution in [2.75, 3.05) is 0 Å². The van der Waals surface area contributed by atoms with Crippen LogP contribution in [0.25, 0.3) is 0 Å². The number of carbonyl (C=O) groups excluding carboxylic acids is 2. The SMILES string of the molecule is O=C1NC(c2ccncc2)C(C(=O)c2cccnc2)C(O)(C(F)(F)F)N1. The van der Waals surface area contributed by atoms with Crippen molar-refractivity contribution in [3.8, 4) is 0 Å². The first-order valence-corrected chi connectivity index (χ1v) is 7.46. The number of aromatic nitrogens is 2. The molecule has 3 heterocycles. The molecule has 0 radical (unpaired) electrons. The number of urea groups is 1. The molecule has 1 fully saturated rings. The maximum absolute atomic E-state index is 13.6. The number of rotatable bonds is 3. The van der Waals surface area contributed by atoms with Crippen molar-refractivity contribution >= 4 is 11.8 Å². The smallest absolute Gasteiger partial charge is 0.363 e. The number of aliphatic hydroxyl groups is 1. The van der Waals surface area contributed by atoms with Gasteiger partial charge in [-0.3, -0.25) is 14.8 Å². The summed E-state index contributed by atoms with van der Waals surface area (Å²) in [4.78, 5) is 32.1. The van der Waals surface area contributed by atoms with E-state index < -0.39 is 35.7 Å². The molecular weight excluding hydrogens is 353 g/mol. The number of pyridine rings is 2. The molecular formula is C16H13F3N4O3. The van der Waals surface area contributed by atoms with Crippen LogP contribution in [-0.4, -0.2) is 38.8 Å². The topological polar surface area (TPSA) is 104 Å². The van der Waals surface area contributed by atoms with E-state index in [0.717, 1.165) is 6.20 Å². The molecule has 2 amide bonds. The van der Waals surface area contributed by atoms with Crippen molar-refractivity contribution in [2.45, 2.75) is 17.9 Å². The highest BCUT2D eigenvalue weighted by Gasteiger charge is 2.66. The second kappa shape index (κ2) is 6.37. The predicted molar refractivity (Wildman–Crippen MR) is 81.7 cm³/mol. The second-order valence-corrected chi connectivity index (χ2v) is 5.70. The van der Waals surface area contributed by atoms with E-state index in [2.05, 4.69) is 15.3 Å². The minimum absolute atomic E-state index is 0.128. The lowest BCUT2D eigenvalue weighted by molar-refractivity contribution is -0.287. The number of nitrogens with zero attached hydrogens (tertiary/aromatic N) is 2. The van der Waals surface area contributed by atoms with Crippen LogP contribution in [-0.2, 0) is 0 Å². The lowest BCUT2D eigenvalue weighted by atomic mass is 9.77. The Kier molecular flexibility index (Phi) is 4.36. The van der Waals surface area contributed by atoms with Crippen LogP contribution in [0.5, 0.6) is 0 Å². The van der Waals surface area contributed by atoms with E-state index in [0.29, 0.717) is 0 Å². The molecule has 136 valence electrons. The standard InChI is InChI=1S/C16H13F3N4O3/c17-16(18,19)15(26)11(13(24)10-2-1-5-21-8-10)12(22-14(25)23-15)9-3-6-20-7-4-9/h1-8,11-12,26H,(H2,22,23,25). The van der Waals surface area contributed by atoms with Gasteiger partial charge in [-0.2, -0.15) is 13.2 Å². The molecule has 7 nitrogen and oxygen atoms in total. The van der Waals surface area contributed by atoms with Gasteiger partial charge in [0.25, 0.3) is 0 Å². The second-order valence-electron chi connectivity index (χ2n) is 5.70. The van der Waals surface area contributed by atoms with E-state index in [1.807, 2.05) is 0 Å². The normalized spacial score (nSPS) is 25.9. The van der Waals surface area contributed by atoms with Crippen LogP contribution in [0.1, 0.15) is 22.0 Å². The highest BCUT2D eigenvalue weighted by Crippen LogP contribution is 2.43. The van der Waals surface area contributed by atoms with Gasteiger partial charge in [-0.1, -0.05) is 0 Å². The zero-order valence-corrected chi connectivity index (χ0v) is 13.1. The molecule has 3 rings (SSSR count). The molecule has 2 aromatic rings. The summed E-state index contributed by atoms with van der Waals surface area (Å²) in [5, 5.41) is 14.1. The maximum Gasteiger partial charge on any atom is 0.437 e. The van der Waals surface area contributed by atoms with Gasteiger partial charge >= 0.3 is 12.2 Å². The van der Waals surface area contributed by atoms with Crippen molar-refractivity contribution in [1.82, 2.24) is 20.6 Å². The van der Waals surface area contributed by atoms with Crippen molar-refractivity contribution in [1.29, 1.82) is 0 Å². The third kappa shape index (κ3) is 2.99. The molecule has 3 atom stereocenters. The van der Waals surface area contributed by atoms with Crippen LogP contribution < -0.4 is 10.6 Å². The minimum Gasteiger partial charge on any atom is -0.363 e. The van der Waals surface area contributed by atoms with E-state index in [1.54, 1.807) is 0 Å². The van der Waals surface area contributed by atoms with E-state index >= 15 is 0 Å². The zero-order valence-electron chi connectivity index (χ0n) is 13.1. The Morgan fingerprint density at radius 3 is 2.42 bits per heavy atom. The fraction of sp³-hybridized carbons (Fsp3) is 0.250. The van der Waals surface area contributed by atoms with Crippen LogP contribution in [0.4, 0.5) is 18.0 Å². The monoisotopic (exact) mass is 366 g/mol. The van der Waals surface area contributed by atoms with Crippen molar-refractivity contribution in [3.63, 3.8) is 0 Å². The molecule has 10 heteroatoms. The van der Waals surface area contributed by atoms with Gasteiger partial charge in [0.2, 0.25) is 5.72 Å². The molecule has 0 aliphatic carbocycles. The van der Waals surface area contributed by atoms with E-state index in [1.165, 1.54) is 48.2 Å². The summed E-state index contributed by atoms with van der Waals surface area (Å²) in [6.07, 6.45) is -0.227. The van der Waals surface area contributed by atoms with Gasteiger partial charge in [0.1, 0.15) is 5.92 Å². The Morgan fingerprint density at radius 2 is 1.85 bits per heavy atom. The van der Waals surface area contributed by atoms with Crippen molar-refractivity contribution < 1.29 is 27.9 Å². The zero-order chi connectivity index (χ0) is 18.9. The summed E-state index contributed by atoms with van der Waals surface area (Å²) < 4.78 is 40.9. The molecule has 1 saturated heterocycles. The van der Waals surface area contributed by atoms with Gasteiger partial charge in [0, 0.05) is 30.4 Å². The Morgan fingerprint density at radius 1 is 1.15 bits per heavy atom. The molecule has 0 spiro atoms. The van der Waals surface area contributed by atoms with Gasteiger partial charge in [-0.25, -0.2) is 4.79 Å². The quantitative estimate of drug-likeness (QED) is 0.716. The summed E-state index contributed by atoms with van der Waals surface area (Å²) >= 11 is 0. The highest BCUT2D eigenvalue weighted by atomic mass is 19.4. The average Bonchev–Trinajstić information content (AvgIpc) is 2.61. The number of carbonyl (C=O) groups is 2. The van der Waals surface area contributed by atoms with Gasteiger partial charge in [-0.05, 0) is 29.8 Å². The largest absolute Gasteiger partial charge is 0.437 e. The van der Waals surface area contributed by atoms with Gasteiger partial charge in [-0.15, -0.1) is 0 Å². The number of Topliss-reactive ketones (excluding diaryl/α,β-unsaturated/α-hetero) is 1. The summed E-state index contributed by atoms with van der Waals surface area (Å²) in [6, 6.07) is 2.71. The Balaban J connectivity index is 2.15. The number of nitrogens with one attached hydrogen (secondary N) is 2. The first-order valence-electron chi connectivity index (χ1n) is 7.46. The molecule has 3 unspecified atom stereocenters. The van der Waals surface area contributed by atoms with Crippen LogP contribution >= 0.6 is 0 Å². The number of hydrogen-bond acceptors (Lipinski definition) is 5. The maximum atomic E-state index is 13.6. The van der Waals surface area contributed by atoms with Crippen LogP contribution in [0, 0.1) is 5.92 Å².